The van der Waals surface area contributed by atoms with E-state index in [0.29, 0.717) is 12.2 Å². The Labute approximate surface area is 220 Å². The molecule has 0 saturated carbocycles. The fourth-order valence-electron chi connectivity index (χ4n) is 5.41. The van der Waals surface area contributed by atoms with Gasteiger partial charge in [0.25, 0.3) is 0 Å². The third-order valence-electron chi connectivity index (χ3n) is 7.93. The summed E-state index contributed by atoms with van der Waals surface area (Å²) in [5.41, 5.74) is 5.21. The van der Waals surface area contributed by atoms with Gasteiger partial charge in [-0.3, -0.25) is 4.79 Å². The number of rotatable bonds is 15. The lowest BCUT2D eigenvalue weighted by molar-refractivity contribution is -0.134. The summed E-state index contributed by atoms with van der Waals surface area (Å²) in [6.07, 6.45) is 19.2. The summed E-state index contributed by atoms with van der Waals surface area (Å²) in [6, 6.07) is 16.9. The maximum Gasteiger partial charge on any atom is 0.311 e. The Bertz CT molecular complexity index is 923. The molecule has 2 heteroatoms. The summed E-state index contributed by atoms with van der Waals surface area (Å²) < 4.78 is 5.54. The molecule has 2 nitrogen and oxygen atoms in total. The SMILES string of the molecule is CCCCCCCCC(=O)Oc1ccc(-c2ccc(C3=CCC(C(C)CCCCC)CC3)cc2)cc1. The average molecular weight is 489 g/mol. The van der Waals surface area contributed by atoms with Gasteiger partial charge in [0.05, 0.1) is 0 Å². The monoisotopic (exact) mass is 488 g/mol. The molecule has 0 aromatic heterocycles. The predicted molar refractivity (Wildman–Crippen MR) is 154 cm³/mol. The molecule has 2 aromatic carbocycles. The molecule has 0 spiro atoms. The third-order valence-corrected chi connectivity index (χ3v) is 7.93. The topological polar surface area (TPSA) is 26.3 Å². The van der Waals surface area contributed by atoms with Crippen LogP contribution >= 0.6 is 0 Å². The van der Waals surface area contributed by atoms with E-state index in [2.05, 4.69) is 51.1 Å². The van der Waals surface area contributed by atoms with Crippen LogP contribution in [0.4, 0.5) is 0 Å². The van der Waals surface area contributed by atoms with E-state index >= 15 is 0 Å². The summed E-state index contributed by atoms with van der Waals surface area (Å²) in [6.45, 7) is 6.96. The Morgan fingerprint density at radius 3 is 2.03 bits per heavy atom. The first-order valence-corrected chi connectivity index (χ1v) is 14.7. The second kappa shape index (κ2) is 15.7. The van der Waals surface area contributed by atoms with Crippen molar-refractivity contribution >= 4 is 11.5 Å². The number of esters is 1. The first-order valence-electron chi connectivity index (χ1n) is 14.7. The van der Waals surface area contributed by atoms with E-state index < -0.39 is 0 Å². The summed E-state index contributed by atoms with van der Waals surface area (Å²) >= 11 is 0. The van der Waals surface area contributed by atoms with Crippen LogP contribution in [0.15, 0.2) is 54.6 Å². The standard InChI is InChI=1S/C34H48O2/c1-4-6-8-9-10-12-14-34(35)36-33-25-23-32(24-26-33)31-21-19-30(20-22-31)29-17-15-28(16-18-29)27(3)13-11-7-5-2/h17,19-28H,4-16,18H2,1-3H3. The normalized spacial score (nSPS) is 16.4. The lowest BCUT2D eigenvalue weighted by Gasteiger charge is -2.27. The number of hydrogen-bond acceptors (Lipinski definition) is 2. The molecule has 0 radical (unpaired) electrons. The Hall–Kier alpha value is -2.35. The van der Waals surface area contributed by atoms with Crippen molar-refractivity contribution < 1.29 is 9.53 Å². The van der Waals surface area contributed by atoms with Crippen LogP contribution in [0.25, 0.3) is 16.7 Å². The van der Waals surface area contributed by atoms with Gasteiger partial charge in [-0.15, -0.1) is 0 Å². The van der Waals surface area contributed by atoms with Gasteiger partial charge >= 0.3 is 5.97 Å². The number of carbonyl (C=O) groups excluding carboxylic acids is 1. The van der Waals surface area contributed by atoms with E-state index in [9.17, 15) is 4.79 Å². The van der Waals surface area contributed by atoms with Gasteiger partial charge in [0.2, 0.25) is 0 Å². The first kappa shape index (κ1) is 28.2. The van der Waals surface area contributed by atoms with E-state index in [1.54, 1.807) is 0 Å². The maximum atomic E-state index is 12.1. The largest absolute Gasteiger partial charge is 0.427 e. The van der Waals surface area contributed by atoms with Crippen molar-refractivity contribution in [1.82, 2.24) is 0 Å². The highest BCUT2D eigenvalue weighted by atomic mass is 16.5. The number of unbranched alkanes of at least 4 members (excludes halogenated alkanes) is 7. The van der Waals surface area contributed by atoms with Gasteiger partial charge < -0.3 is 4.74 Å². The van der Waals surface area contributed by atoms with Crippen molar-refractivity contribution in [3.63, 3.8) is 0 Å². The molecule has 2 aromatic rings. The minimum Gasteiger partial charge on any atom is -0.427 e. The highest BCUT2D eigenvalue weighted by Crippen LogP contribution is 2.36. The van der Waals surface area contributed by atoms with E-state index in [4.69, 9.17) is 4.74 Å². The molecule has 36 heavy (non-hydrogen) atoms. The van der Waals surface area contributed by atoms with Crippen molar-refractivity contribution in [2.75, 3.05) is 0 Å². The Balaban J connectivity index is 1.46. The Morgan fingerprint density at radius 2 is 1.39 bits per heavy atom. The molecule has 0 N–H and O–H groups in total. The van der Waals surface area contributed by atoms with Gasteiger partial charge in [0.1, 0.15) is 5.75 Å². The fraction of sp³-hybridized carbons (Fsp3) is 0.559. The zero-order valence-electron chi connectivity index (χ0n) is 23.1. The van der Waals surface area contributed by atoms with E-state index in [1.807, 2.05) is 24.3 Å². The molecule has 0 fully saturated rings. The van der Waals surface area contributed by atoms with Crippen molar-refractivity contribution in [2.24, 2.45) is 11.8 Å². The van der Waals surface area contributed by atoms with Gasteiger partial charge in [-0.05, 0) is 71.9 Å². The number of benzene rings is 2. The van der Waals surface area contributed by atoms with Crippen LogP contribution in [-0.2, 0) is 4.79 Å². The number of allylic oxidation sites excluding steroid dienone is 2. The molecule has 0 heterocycles. The first-order chi connectivity index (χ1) is 17.6. The summed E-state index contributed by atoms with van der Waals surface area (Å²) in [7, 11) is 0. The zero-order valence-corrected chi connectivity index (χ0v) is 23.1. The van der Waals surface area contributed by atoms with Crippen LogP contribution in [0.3, 0.4) is 0 Å². The van der Waals surface area contributed by atoms with Gasteiger partial charge in [0, 0.05) is 6.42 Å². The molecule has 0 saturated heterocycles. The number of carbonyl (C=O) groups is 1. The van der Waals surface area contributed by atoms with Crippen LogP contribution in [0.5, 0.6) is 5.75 Å². The highest BCUT2D eigenvalue weighted by molar-refractivity contribution is 5.74. The van der Waals surface area contributed by atoms with Crippen LogP contribution in [0.2, 0.25) is 0 Å². The second-order valence-electron chi connectivity index (χ2n) is 10.8. The van der Waals surface area contributed by atoms with Crippen LogP contribution in [-0.4, -0.2) is 5.97 Å². The Kier molecular flexibility index (Phi) is 12.3. The molecule has 1 aliphatic carbocycles. The van der Waals surface area contributed by atoms with Crippen molar-refractivity contribution in [1.29, 1.82) is 0 Å². The van der Waals surface area contributed by atoms with Gasteiger partial charge in [-0.1, -0.05) is 121 Å². The number of ether oxygens (including phenoxy) is 1. The van der Waals surface area contributed by atoms with Crippen LogP contribution < -0.4 is 4.74 Å². The lowest BCUT2D eigenvalue weighted by Crippen LogP contribution is -2.14. The minimum atomic E-state index is -0.124. The predicted octanol–water partition coefficient (Wildman–Crippen LogP) is 10.4. The van der Waals surface area contributed by atoms with E-state index in [0.717, 1.165) is 30.2 Å². The van der Waals surface area contributed by atoms with Gasteiger partial charge in [0.15, 0.2) is 0 Å². The molecule has 2 atom stereocenters. The van der Waals surface area contributed by atoms with E-state index in [1.165, 1.54) is 87.3 Å². The second-order valence-corrected chi connectivity index (χ2v) is 10.8. The fourth-order valence-corrected chi connectivity index (χ4v) is 5.41. The quantitative estimate of drug-likeness (QED) is 0.142. The Morgan fingerprint density at radius 1 is 0.806 bits per heavy atom. The van der Waals surface area contributed by atoms with Crippen LogP contribution in [0, 0.1) is 11.8 Å². The summed E-state index contributed by atoms with van der Waals surface area (Å²) in [5.74, 6) is 2.20. The molecular weight excluding hydrogens is 440 g/mol. The molecule has 0 aliphatic heterocycles. The average Bonchev–Trinajstić information content (AvgIpc) is 2.91. The molecule has 0 amide bonds. The van der Waals surface area contributed by atoms with Crippen molar-refractivity contribution in [2.45, 2.75) is 111 Å². The molecule has 196 valence electrons. The third kappa shape index (κ3) is 9.26. The van der Waals surface area contributed by atoms with Crippen LogP contribution in [0.1, 0.15) is 116 Å². The lowest BCUT2D eigenvalue weighted by atomic mass is 9.78. The van der Waals surface area contributed by atoms with Gasteiger partial charge in [-0.25, -0.2) is 0 Å². The molecule has 3 rings (SSSR count). The summed E-state index contributed by atoms with van der Waals surface area (Å²) in [5, 5.41) is 0. The molecule has 1 aliphatic rings. The van der Waals surface area contributed by atoms with Crippen molar-refractivity contribution in [3.05, 3.63) is 60.2 Å². The van der Waals surface area contributed by atoms with Crippen molar-refractivity contribution in [3.8, 4) is 16.9 Å². The molecular formula is C34H48O2. The highest BCUT2D eigenvalue weighted by Gasteiger charge is 2.20. The smallest absolute Gasteiger partial charge is 0.311 e. The summed E-state index contributed by atoms with van der Waals surface area (Å²) in [4.78, 5) is 12.1. The zero-order chi connectivity index (χ0) is 25.6. The molecule has 2 unspecified atom stereocenters. The maximum absolute atomic E-state index is 12.1. The number of hydrogen-bond donors (Lipinski definition) is 0. The minimum absolute atomic E-state index is 0.124. The van der Waals surface area contributed by atoms with Gasteiger partial charge in [-0.2, -0.15) is 0 Å². The van der Waals surface area contributed by atoms with E-state index in [-0.39, 0.29) is 5.97 Å². The molecule has 0 bridgehead atoms.